The van der Waals surface area contributed by atoms with Crippen molar-refractivity contribution >= 4 is 22.4 Å². The summed E-state index contributed by atoms with van der Waals surface area (Å²) >= 11 is 1.59. The van der Waals surface area contributed by atoms with Gasteiger partial charge in [-0.2, -0.15) is 0 Å². The van der Waals surface area contributed by atoms with Crippen LogP contribution in [0, 0.1) is 0 Å². The fourth-order valence-electron chi connectivity index (χ4n) is 1.60. The molecule has 0 radical (unpaired) electrons. The SMILES string of the molecule is CN1CC(Nc2nccs2)CCC1=O. The van der Waals surface area contributed by atoms with Gasteiger partial charge in [-0.1, -0.05) is 0 Å². The monoisotopic (exact) mass is 211 g/mol. The molecule has 1 saturated heterocycles. The van der Waals surface area contributed by atoms with Crippen molar-refractivity contribution in [1.29, 1.82) is 0 Å². The lowest BCUT2D eigenvalue weighted by atomic mass is 10.1. The molecule has 76 valence electrons. The molecule has 14 heavy (non-hydrogen) atoms. The summed E-state index contributed by atoms with van der Waals surface area (Å²) in [6.45, 7) is 0.776. The Hall–Kier alpha value is -1.10. The highest BCUT2D eigenvalue weighted by atomic mass is 32.1. The van der Waals surface area contributed by atoms with Crippen molar-refractivity contribution in [3.63, 3.8) is 0 Å². The Labute approximate surface area is 86.9 Å². The van der Waals surface area contributed by atoms with Gasteiger partial charge in [0.05, 0.1) is 0 Å². The number of nitrogens with zero attached hydrogens (tertiary/aromatic N) is 2. The molecule has 1 aliphatic heterocycles. The number of nitrogens with one attached hydrogen (secondary N) is 1. The van der Waals surface area contributed by atoms with Gasteiger partial charge in [-0.25, -0.2) is 4.98 Å². The Balaban J connectivity index is 1.91. The van der Waals surface area contributed by atoms with Crippen LogP contribution in [-0.4, -0.2) is 35.4 Å². The summed E-state index contributed by atoms with van der Waals surface area (Å²) < 4.78 is 0. The van der Waals surface area contributed by atoms with E-state index in [1.807, 2.05) is 12.4 Å². The molecule has 1 atom stereocenters. The molecule has 1 N–H and O–H groups in total. The molecule has 2 rings (SSSR count). The summed E-state index contributed by atoms with van der Waals surface area (Å²) in [4.78, 5) is 17.2. The predicted octanol–water partition coefficient (Wildman–Crippen LogP) is 1.18. The number of thiazole rings is 1. The summed E-state index contributed by atoms with van der Waals surface area (Å²) in [5, 5.41) is 6.21. The second kappa shape index (κ2) is 3.96. The van der Waals surface area contributed by atoms with Crippen molar-refractivity contribution in [2.75, 3.05) is 18.9 Å². The number of carbonyl (C=O) groups is 1. The van der Waals surface area contributed by atoms with E-state index in [4.69, 9.17) is 0 Å². The first-order chi connectivity index (χ1) is 6.75. The molecule has 1 aromatic rings. The fourth-order valence-corrected chi connectivity index (χ4v) is 2.21. The lowest BCUT2D eigenvalue weighted by Crippen LogP contribution is -2.43. The number of rotatable bonds is 2. The van der Waals surface area contributed by atoms with Crippen molar-refractivity contribution < 1.29 is 4.79 Å². The van der Waals surface area contributed by atoms with Crippen molar-refractivity contribution in [2.24, 2.45) is 0 Å². The summed E-state index contributed by atoms with van der Waals surface area (Å²) in [6.07, 6.45) is 3.33. The molecule has 1 aliphatic rings. The number of amides is 1. The highest BCUT2D eigenvalue weighted by Gasteiger charge is 2.22. The second-order valence-electron chi connectivity index (χ2n) is 3.49. The maximum absolute atomic E-state index is 11.2. The molecule has 0 spiro atoms. The first-order valence-corrected chi connectivity index (χ1v) is 5.53. The third-order valence-corrected chi connectivity index (χ3v) is 3.09. The smallest absolute Gasteiger partial charge is 0.222 e. The zero-order valence-corrected chi connectivity index (χ0v) is 8.88. The third-order valence-electron chi connectivity index (χ3n) is 2.39. The summed E-state index contributed by atoms with van der Waals surface area (Å²) in [5.74, 6) is 0.238. The van der Waals surface area contributed by atoms with Crippen LogP contribution in [-0.2, 0) is 4.79 Å². The zero-order valence-electron chi connectivity index (χ0n) is 8.06. The molecule has 1 fully saturated rings. The molecular formula is C9H13N3OS. The van der Waals surface area contributed by atoms with E-state index < -0.39 is 0 Å². The minimum Gasteiger partial charge on any atom is -0.357 e. The van der Waals surface area contributed by atoms with Gasteiger partial charge in [0.25, 0.3) is 0 Å². The average Bonchev–Trinajstić information content (AvgIpc) is 2.64. The number of hydrogen-bond donors (Lipinski definition) is 1. The fraction of sp³-hybridized carbons (Fsp3) is 0.556. The van der Waals surface area contributed by atoms with Gasteiger partial charge in [0.2, 0.25) is 5.91 Å². The number of likely N-dealkylation sites (tertiary alicyclic amines) is 1. The van der Waals surface area contributed by atoms with Crippen LogP contribution >= 0.6 is 11.3 Å². The van der Waals surface area contributed by atoms with Crippen LogP contribution in [0.5, 0.6) is 0 Å². The van der Waals surface area contributed by atoms with Crippen LogP contribution in [0.2, 0.25) is 0 Å². The van der Waals surface area contributed by atoms with Crippen LogP contribution in [0.25, 0.3) is 0 Å². The highest BCUT2D eigenvalue weighted by Crippen LogP contribution is 2.17. The van der Waals surface area contributed by atoms with E-state index in [9.17, 15) is 4.79 Å². The van der Waals surface area contributed by atoms with E-state index in [1.165, 1.54) is 0 Å². The van der Waals surface area contributed by atoms with E-state index in [0.717, 1.165) is 18.1 Å². The average molecular weight is 211 g/mol. The van der Waals surface area contributed by atoms with Crippen LogP contribution in [0.3, 0.4) is 0 Å². The quantitative estimate of drug-likeness (QED) is 0.799. The maximum Gasteiger partial charge on any atom is 0.222 e. The molecule has 0 bridgehead atoms. The van der Waals surface area contributed by atoms with Crippen molar-refractivity contribution in [3.05, 3.63) is 11.6 Å². The lowest BCUT2D eigenvalue weighted by Gasteiger charge is -2.29. The first kappa shape index (κ1) is 9.45. The Morgan fingerprint density at radius 1 is 1.71 bits per heavy atom. The number of anilines is 1. The minimum absolute atomic E-state index is 0.238. The van der Waals surface area contributed by atoms with Gasteiger partial charge >= 0.3 is 0 Å². The summed E-state index contributed by atoms with van der Waals surface area (Å²) in [5.41, 5.74) is 0. The molecule has 1 unspecified atom stereocenters. The zero-order chi connectivity index (χ0) is 9.97. The number of piperidine rings is 1. The van der Waals surface area contributed by atoms with Gasteiger partial charge in [-0.3, -0.25) is 4.79 Å². The largest absolute Gasteiger partial charge is 0.357 e. The first-order valence-electron chi connectivity index (χ1n) is 4.65. The third kappa shape index (κ3) is 2.04. The van der Waals surface area contributed by atoms with Gasteiger partial charge in [-0.05, 0) is 6.42 Å². The Morgan fingerprint density at radius 2 is 2.57 bits per heavy atom. The number of carbonyl (C=O) groups excluding carboxylic acids is 1. The van der Waals surface area contributed by atoms with Crippen molar-refractivity contribution in [1.82, 2.24) is 9.88 Å². The minimum atomic E-state index is 0.238. The van der Waals surface area contributed by atoms with E-state index in [2.05, 4.69) is 10.3 Å². The summed E-state index contributed by atoms with van der Waals surface area (Å²) in [6, 6.07) is 0.351. The van der Waals surface area contributed by atoms with Crippen molar-refractivity contribution in [3.8, 4) is 0 Å². The van der Waals surface area contributed by atoms with E-state index >= 15 is 0 Å². The molecule has 0 aromatic carbocycles. The molecular weight excluding hydrogens is 198 g/mol. The van der Waals surface area contributed by atoms with Crippen LogP contribution in [0.1, 0.15) is 12.8 Å². The Morgan fingerprint density at radius 3 is 3.21 bits per heavy atom. The lowest BCUT2D eigenvalue weighted by molar-refractivity contribution is -0.132. The van der Waals surface area contributed by atoms with E-state index in [1.54, 1.807) is 22.4 Å². The van der Waals surface area contributed by atoms with E-state index in [0.29, 0.717) is 12.5 Å². The molecule has 2 heterocycles. The molecule has 0 saturated carbocycles. The second-order valence-corrected chi connectivity index (χ2v) is 4.39. The van der Waals surface area contributed by atoms with E-state index in [-0.39, 0.29) is 5.91 Å². The predicted molar refractivity (Wildman–Crippen MR) is 56.4 cm³/mol. The topological polar surface area (TPSA) is 45.2 Å². The Kier molecular flexibility index (Phi) is 2.67. The standard InChI is InChI=1S/C9H13N3OS/c1-12-6-7(2-3-8(12)13)11-9-10-4-5-14-9/h4-5,7H,2-3,6H2,1H3,(H,10,11). The number of hydrogen-bond acceptors (Lipinski definition) is 4. The van der Waals surface area contributed by atoms with Crippen LogP contribution in [0.4, 0.5) is 5.13 Å². The number of aromatic nitrogens is 1. The van der Waals surface area contributed by atoms with Crippen LogP contribution in [0.15, 0.2) is 11.6 Å². The normalized spacial score (nSPS) is 22.5. The number of likely N-dealkylation sites (N-methyl/N-ethyl adjacent to an activating group) is 1. The molecule has 5 heteroatoms. The van der Waals surface area contributed by atoms with Gasteiger partial charge < -0.3 is 10.2 Å². The van der Waals surface area contributed by atoms with Gasteiger partial charge in [0.15, 0.2) is 5.13 Å². The molecule has 1 aromatic heterocycles. The van der Waals surface area contributed by atoms with Crippen molar-refractivity contribution in [2.45, 2.75) is 18.9 Å². The molecule has 0 aliphatic carbocycles. The summed E-state index contributed by atoms with van der Waals surface area (Å²) in [7, 11) is 1.85. The maximum atomic E-state index is 11.2. The van der Waals surface area contributed by atoms with Crippen LogP contribution < -0.4 is 5.32 Å². The van der Waals surface area contributed by atoms with Gasteiger partial charge in [-0.15, -0.1) is 11.3 Å². The van der Waals surface area contributed by atoms with Gasteiger partial charge in [0.1, 0.15) is 0 Å². The molecule has 4 nitrogen and oxygen atoms in total. The molecule has 1 amide bonds. The Bertz CT molecular complexity index is 312. The highest BCUT2D eigenvalue weighted by molar-refractivity contribution is 7.13. The van der Waals surface area contributed by atoms with Gasteiger partial charge in [0, 0.05) is 37.6 Å².